The van der Waals surface area contributed by atoms with Crippen molar-refractivity contribution in [2.24, 2.45) is 5.92 Å². The Kier molecular flexibility index (Phi) is 7.41. The lowest BCUT2D eigenvalue weighted by atomic mass is 10.0. The Bertz CT molecular complexity index is 967. The highest BCUT2D eigenvalue weighted by Crippen LogP contribution is 2.12. The van der Waals surface area contributed by atoms with E-state index in [9.17, 15) is 9.59 Å². The van der Waals surface area contributed by atoms with Gasteiger partial charge < -0.3 is 10.6 Å². The Morgan fingerprint density at radius 2 is 1.77 bits per heavy atom. The van der Waals surface area contributed by atoms with Crippen LogP contribution in [0, 0.1) is 5.92 Å². The van der Waals surface area contributed by atoms with E-state index in [2.05, 4.69) is 31.7 Å². The first-order valence-corrected chi connectivity index (χ1v) is 10.7. The standard InChI is InChI=1S/C23H25BrN4O2/c1-16(2)21(27-22(29)18-6-8-19(24)9-7-18)23(30)25-14-12-17-4-10-20(11-5-17)28-15-3-13-26-28/h3-11,13,15-16,21H,12,14H2,1-2H3,(H,25,30)(H,27,29)/t21-/m0/s1. The van der Waals surface area contributed by atoms with Gasteiger partial charge in [-0.2, -0.15) is 5.10 Å². The molecular weight excluding hydrogens is 444 g/mol. The first kappa shape index (κ1) is 21.8. The molecule has 0 saturated heterocycles. The number of nitrogens with one attached hydrogen (secondary N) is 2. The van der Waals surface area contributed by atoms with Gasteiger partial charge in [-0.25, -0.2) is 4.68 Å². The highest BCUT2D eigenvalue weighted by Gasteiger charge is 2.24. The molecule has 3 aromatic rings. The average molecular weight is 469 g/mol. The second-order valence-electron chi connectivity index (χ2n) is 7.36. The molecule has 156 valence electrons. The van der Waals surface area contributed by atoms with E-state index in [1.807, 2.05) is 50.4 Å². The second kappa shape index (κ2) is 10.2. The van der Waals surface area contributed by atoms with Crippen LogP contribution in [0.4, 0.5) is 0 Å². The van der Waals surface area contributed by atoms with Crippen LogP contribution < -0.4 is 10.6 Å². The predicted molar refractivity (Wildman–Crippen MR) is 121 cm³/mol. The van der Waals surface area contributed by atoms with Crippen molar-refractivity contribution in [2.45, 2.75) is 26.3 Å². The summed E-state index contributed by atoms with van der Waals surface area (Å²) in [6, 6.07) is 16.4. The Balaban J connectivity index is 1.52. The summed E-state index contributed by atoms with van der Waals surface area (Å²) in [6.07, 6.45) is 4.34. The molecule has 1 atom stereocenters. The topological polar surface area (TPSA) is 76.0 Å². The van der Waals surface area contributed by atoms with Crippen molar-refractivity contribution in [2.75, 3.05) is 6.54 Å². The SMILES string of the molecule is CC(C)[C@H](NC(=O)c1ccc(Br)cc1)C(=O)NCCc1ccc(-n2cccn2)cc1. The van der Waals surface area contributed by atoms with Crippen LogP contribution in [0.5, 0.6) is 0 Å². The maximum atomic E-state index is 12.7. The normalized spacial score (nSPS) is 11.9. The molecule has 0 spiro atoms. The second-order valence-corrected chi connectivity index (χ2v) is 8.28. The summed E-state index contributed by atoms with van der Waals surface area (Å²) in [5.41, 5.74) is 2.63. The Morgan fingerprint density at radius 1 is 1.07 bits per heavy atom. The smallest absolute Gasteiger partial charge is 0.251 e. The molecule has 6 nitrogen and oxygen atoms in total. The summed E-state index contributed by atoms with van der Waals surface area (Å²) in [5.74, 6) is -0.466. The van der Waals surface area contributed by atoms with Crippen LogP contribution in [0.15, 0.2) is 71.5 Å². The van der Waals surface area contributed by atoms with E-state index in [1.54, 1.807) is 35.1 Å². The minimum atomic E-state index is -0.594. The minimum Gasteiger partial charge on any atom is -0.354 e. The third kappa shape index (κ3) is 5.79. The summed E-state index contributed by atoms with van der Waals surface area (Å²) in [6.45, 7) is 4.33. The van der Waals surface area contributed by atoms with Gasteiger partial charge in [0.25, 0.3) is 5.91 Å². The van der Waals surface area contributed by atoms with E-state index >= 15 is 0 Å². The lowest BCUT2D eigenvalue weighted by Crippen LogP contribution is -2.50. The van der Waals surface area contributed by atoms with Crippen molar-refractivity contribution in [1.29, 1.82) is 0 Å². The van der Waals surface area contributed by atoms with Gasteiger partial charge in [0.1, 0.15) is 6.04 Å². The number of halogens is 1. The highest BCUT2D eigenvalue weighted by atomic mass is 79.9. The summed E-state index contributed by atoms with van der Waals surface area (Å²) >= 11 is 3.35. The number of carbonyl (C=O) groups excluding carboxylic acids is 2. The molecule has 0 fully saturated rings. The molecule has 0 saturated carbocycles. The van der Waals surface area contributed by atoms with Crippen LogP contribution in [-0.4, -0.2) is 34.2 Å². The molecule has 30 heavy (non-hydrogen) atoms. The number of carbonyl (C=O) groups is 2. The van der Waals surface area contributed by atoms with E-state index in [0.717, 1.165) is 15.7 Å². The molecule has 2 amide bonds. The monoisotopic (exact) mass is 468 g/mol. The van der Waals surface area contributed by atoms with E-state index in [4.69, 9.17) is 0 Å². The highest BCUT2D eigenvalue weighted by molar-refractivity contribution is 9.10. The first-order chi connectivity index (χ1) is 14.4. The van der Waals surface area contributed by atoms with Crippen LogP contribution in [0.25, 0.3) is 5.69 Å². The maximum Gasteiger partial charge on any atom is 0.251 e. The number of benzene rings is 2. The lowest BCUT2D eigenvalue weighted by Gasteiger charge is -2.22. The van der Waals surface area contributed by atoms with E-state index < -0.39 is 6.04 Å². The number of hydrogen-bond acceptors (Lipinski definition) is 3. The molecule has 0 bridgehead atoms. The summed E-state index contributed by atoms with van der Waals surface area (Å²) in [7, 11) is 0. The minimum absolute atomic E-state index is 0.0299. The molecule has 3 rings (SSSR count). The van der Waals surface area contributed by atoms with Crippen molar-refractivity contribution < 1.29 is 9.59 Å². The van der Waals surface area contributed by atoms with Crippen LogP contribution in [-0.2, 0) is 11.2 Å². The van der Waals surface area contributed by atoms with Crippen molar-refractivity contribution in [3.63, 3.8) is 0 Å². The van der Waals surface area contributed by atoms with E-state index in [1.165, 1.54) is 0 Å². The third-order valence-electron chi connectivity index (χ3n) is 4.76. The van der Waals surface area contributed by atoms with Crippen LogP contribution in [0.1, 0.15) is 29.8 Å². The molecule has 0 radical (unpaired) electrons. The molecule has 0 unspecified atom stereocenters. The Morgan fingerprint density at radius 3 is 2.37 bits per heavy atom. The zero-order chi connectivity index (χ0) is 21.5. The van der Waals surface area contributed by atoms with Crippen molar-refractivity contribution >= 4 is 27.7 Å². The van der Waals surface area contributed by atoms with Crippen molar-refractivity contribution in [1.82, 2.24) is 20.4 Å². The number of hydrogen-bond donors (Lipinski definition) is 2. The maximum absolute atomic E-state index is 12.7. The van der Waals surface area contributed by atoms with Gasteiger partial charge in [0.05, 0.1) is 5.69 Å². The average Bonchev–Trinajstić information content (AvgIpc) is 3.27. The number of amides is 2. The summed E-state index contributed by atoms with van der Waals surface area (Å²) in [5, 5.41) is 10.00. The van der Waals surface area contributed by atoms with Gasteiger partial charge in [0.2, 0.25) is 5.91 Å². The van der Waals surface area contributed by atoms with Gasteiger partial charge in [0, 0.05) is 29.0 Å². The Labute approximate surface area is 184 Å². The molecule has 2 N–H and O–H groups in total. The molecule has 1 heterocycles. The Hall–Kier alpha value is -2.93. The molecule has 0 aliphatic carbocycles. The van der Waals surface area contributed by atoms with Crippen LogP contribution in [0.3, 0.4) is 0 Å². The zero-order valence-corrected chi connectivity index (χ0v) is 18.6. The fourth-order valence-electron chi connectivity index (χ4n) is 3.04. The summed E-state index contributed by atoms with van der Waals surface area (Å²) < 4.78 is 2.70. The molecular formula is C23H25BrN4O2. The molecule has 1 aromatic heterocycles. The quantitative estimate of drug-likeness (QED) is 0.528. The lowest BCUT2D eigenvalue weighted by molar-refractivity contribution is -0.123. The third-order valence-corrected chi connectivity index (χ3v) is 5.29. The number of aromatic nitrogens is 2. The number of rotatable bonds is 8. The van der Waals surface area contributed by atoms with E-state index in [0.29, 0.717) is 18.5 Å². The van der Waals surface area contributed by atoms with E-state index in [-0.39, 0.29) is 17.7 Å². The van der Waals surface area contributed by atoms with Gasteiger partial charge in [-0.3, -0.25) is 9.59 Å². The van der Waals surface area contributed by atoms with Gasteiger partial charge in [-0.15, -0.1) is 0 Å². The van der Waals surface area contributed by atoms with Gasteiger partial charge in [-0.1, -0.05) is 41.9 Å². The molecule has 7 heteroatoms. The largest absolute Gasteiger partial charge is 0.354 e. The fraction of sp³-hybridized carbons (Fsp3) is 0.261. The van der Waals surface area contributed by atoms with Crippen molar-refractivity contribution in [3.05, 3.63) is 82.6 Å². The fourth-order valence-corrected chi connectivity index (χ4v) is 3.30. The zero-order valence-electron chi connectivity index (χ0n) is 17.0. The van der Waals surface area contributed by atoms with Gasteiger partial charge >= 0.3 is 0 Å². The van der Waals surface area contributed by atoms with Crippen LogP contribution in [0.2, 0.25) is 0 Å². The van der Waals surface area contributed by atoms with Crippen molar-refractivity contribution in [3.8, 4) is 5.69 Å². The number of nitrogens with zero attached hydrogens (tertiary/aromatic N) is 2. The van der Waals surface area contributed by atoms with Gasteiger partial charge in [-0.05, 0) is 60.4 Å². The first-order valence-electron chi connectivity index (χ1n) is 9.87. The molecule has 0 aliphatic rings. The summed E-state index contributed by atoms with van der Waals surface area (Å²) in [4.78, 5) is 25.1. The predicted octanol–water partition coefficient (Wildman–Crippen LogP) is 3.75. The van der Waals surface area contributed by atoms with Crippen LogP contribution >= 0.6 is 15.9 Å². The molecule has 0 aliphatic heterocycles. The molecule has 2 aromatic carbocycles. The van der Waals surface area contributed by atoms with Gasteiger partial charge in [0.15, 0.2) is 0 Å².